The van der Waals surface area contributed by atoms with Gasteiger partial charge in [0.05, 0.1) is 47.0 Å². The Labute approximate surface area is 375 Å². The fourth-order valence-corrected chi connectivity index (χ4v) is 9.99. The van der Waals surface area contributed by atoms with Crippen LogP contribution in [0.3, 0.4) is 0 Å². The Kier molecular flexibility index (Phi) is 18.9. The van der Waals surface area contributed by atoms with Crippen molar-refractivity contribution in [3.63, 3.8) is 0 Å². The number of hydrogen-bond acceptors (Lipinski definition) is 15. The molecule has 0 bridgehead atoms. The lowest BCUT2D eigenvalue weighted by Crippen LogP contribution is -2.70. The van der Waals surface area contributed by atoms with E-state index in [-0.39, 0.29) is 43.9 Å². The highest BCUT2D eigenvalue weighted by atomic mass is 35.5. The third-order valence-electron chi connectivity index (χ3n) is 13.8. The summed E-state index contributed by atoms with van der Waals surface area (Å²) >= 11 is 6.61. The highest BCUT2D eigenvalue weighted by Gasteiger charge is 2.58. The molecule has 1 aromatic carbocycles. The van der Waals surface area contributed by atoms with Crippen molar-refractivity contribution in [3.8, 4) is 5.75 Å². The molecule has 3 fully saturated rings. The second-order valence-electron chi connectivity index (χ2n) is 19.1. The molecule has 7 N–H and O–H groups in total. The molecular weight excluding hydrogens is 822 g/mol. The molecule has 3 saturated heterocycles. The minimum atomic E-state index is -1.83. The maximum absolute atomic E-state index is 14.5. The number of benzene rings is 1. The van der Waals surface area contributed by atoms with Crippen molar-refractivity contribution in [2.45, 2.75) is 198 Å². The first kappa shape index (κ1) is 52.9. The molecule has 62 heavy (non-hydrogen) atoms. The lowest BCUT2D eigenvalue weighted by Gasteiger charge is -2.53. The largest absolute Gasteiger partial charge is 0.482 e. The van der Waals surface area contributed by atoms with Crippen molar-refractivity contribution >= 4 is 17.6 Å². The standard InChI is InChI=1S/C46H80ClN3O12/c1-14-20-49-25-46(55)31(8)58-36(23-44(46,10)56-13)61-37-28(5)40(62-42-38(33(48-12)21-27(4)57-42)59-34-19-17-16-18-32(34)47)43(9,53)22-26(3)24-50-30(7)39(51)45(11,54)35(15-2)60-41(52)29(37)6/h16-19,26-31,33,35-40,42,48-51,53-55H,14-15,20-25H2,1-13H3/t26-,27-,28+,29-,30-,31+,33+,35-,36+,37+,38-,39-,40-,42+,43-,44-,45-,46+/m1/s1. The number of carbonyl (C=O) groups is 1. The number of aliphatic hydroxyl groups excluding tert-OH is 1. The van der Waals surface area contributed by atoms with Gasteiger partial charge in [-0.15, -0.1) is 0 Å². The molecule has 16 heteroatoms. The van der Waals surface area contributed by atoms with Crippen LogP contribution in [0.4, 0.5) is 0 Å². The minimum Gasteiger partial charge on any atom is -0.482 e. The molecule has 0 radical (unpaired) electrons. The van der Waals surface area contributed by atoms with Crippen LogP contribution in [0.25, 0.3) is 0 Å². The molecular formula is C46H80ClN3O12. The van der Waals surface area contributed by atoms with E-state index in [0.717, 1.165) is 6.42 Å². The number of rotatable bonds is 13. The topological polar surface area (TPSA) is 199 Å². The average molecular weight is 903 g/mol. The highest BCUT2D eigenvalue weighted by Crippen LogP contribution is 2.43. The predicted molar refractivity (Wildman–Crippen MR) is 237 cm³/mol. The van der Waals surface area contributed by atoms with Gasteiger partial charge in [0.15, 0.2) is 18.7 Å². The Bertz CT molecular complexity index is 1560. The molecule has 3 aliphatic rings. The molecule has 0 aromatic heterocycles. The van der Waals surface area contributed by atoms with Gasteiger partial charge >= 0.3 is 5.97 Å². The molecule has 0 aliphatic carbocycles. The van der Waals surface area contributed by atoms with E-state index in [1.165, 1.54) is 6.92 Å². The zero-order valence-electron chi connectivity index (χ0n) is 39.5. The first-order valence-corrected chi connectivity index (χ1v) is 23.1. The SMILES string of the molecule is CCCNC[C@]1(O)[C@H](C)O[C@@H](O[C@H]2[C@H](C)[C@@H](O[C@@H]3O[C@H](C)C[C@H](NC)[C@H]3Oc3ccccc3Cl)[C@](C)(O)C[C@@H](C)CN[C@H](C)[C@@H](O)[C@](C)(O)[C@@H](CC)OC(=O)[C@@H]2C)C[C@@]1(C)OC. The summed E-state index contributed by atoms with van der Waals surface area (Å²) < 4.78 is 45.9. The van der Waals surface area contributed by atoms with Crippen LogP contribution in [-0.4, -0.2) is 150 Å². The van der Waals surface area contributed by atoms with Gasteiger partial charge in [0.25, 0.3) is 0 Å². The summed E-state index contributed by atoms with van der Waals surface area (Å²) in [4.78, 5) is 14.5. The molecule has 0 amide bonds. The summed E-state index contributed by atoms with van der Waals surface area (Å²) in [5, 5.41) is 58.6. The van der Waals surface area contributed by atoms with Crippen LogP contribution in [0.15, 0.2) is 24.3 Å². The minimum absolute atomic E-state index is 0.0883. The molecule has 18 atom stereocenters. The summed E-state index contributed by atoms with van der Waals surface area (Å²) in [6.07, 6.45) is -6.35. The Morgan fingerprint density at radius 3 is 2.26 bits per heavy atom. The average Bonchev–Trinajstić information content (AvgIpc) is 3.22. The van der Waals surface area contributed by atoms with Crippen LogP contribution in [0.2, 0.25) is 5.02 Å². The fraction of sp³-hybridized carbons (Fsp3) is 0.848. The fourth-order valence-electron chi connectivity index (χ4n) is 9.81. The summed E-state index contributed by atoms with van der Waals surface area (Å²) in [5.41, 5.74) is -6.01. The number of esters is 1. The van der Waals surface area contributed by atoms with Crippen LogP contribution in [0.5, 0.6) is 5.75 Å². The molecule has 4 rings (SSSR count). The zero-order chi connectivity index (χ0) is 46.4. The number of cyclic esters (lactones) is 1. The number of halogens is 1. The van der Waals surface area contributed by atoms with Crippen LogP contribution < -0.4 is 20.7 Å². The van der Waals surface area contributed by atoms with E-state index in [2.05, 4.69) is 16.0 Å². The van der Waals surface area contributed by atoms with Gasteiger partial charge in [0.1, 0.15) is 34.8 Å². The van der Waals surface area contributed by atoms with Gasteiger partial charge in [-0.1, -0.05) is 51.4 Å². The normalized spacial score (nSPS) is 44.2. The van der Waals surface area contributed by atoms with E-state index in [1.807, 2.05) is 53.8 Å². The van der Waals surface area contributed by atoms with Gasteiger partial charge in [-0.25, -0.2) is 0 Å². The van der Waals surface area contributed by atoms with E-state index in [1.54, 1.807) is 53.9 Å². The quantitative estimate of drug-likeness (QED) is 0.109. The Balaban J connectivity index is 1.85. The second kappa shape index (κ2) is 22.2. The van der Waals surface area contributed by atoms with E-state index < -0.39 is 95.5 Å². The summed E-state index contributed by atoms with van der Waals surface area (Å²) in [6, 6.07) is 6.31. The number of ether oxygens (including phenoxy) is 7. The molecule has 1 aromatic rings. The Hall–Kier alpha value is -1.70. The third-order valence-corrected chi connectivity index (χ3v) is 14.1. The Morgan fingerprint density at radius 1 is 0.968 bits per heavy atom. The lowest BCUT2D eigenvalue weighted by atomic mass is 9.75. The maximum Gasteiger partial charge on any atom is 0.311 e. The van der Waals surface area contributed by atoms with Gasteiger partial charge in [-0.3, -0.25) is 4.79 Å². The van der Waals surface area contributed by atoms with Crippen LogP contribution in [0.1, 0.15) is 108 Å². The van der Waals surface area contributed by atoms with Crippen molar-refractivity contribution in [2.75, 3.05) is 33.8 Å². The maximum atomic E-state index is 14.5. The third kappa shape index (κ3) is 12.0. The van der Waals surface area contributed by atoms with E-state index in [0.29, 0.717) is 30.3 Å². The first-order chi connectivity index (χ1) is 29.0. The summed E-state index contributed by atoms with van der Waals surface area (Å²) in [6.45, 7) is 21.1. The van der Waals surface area contributed by atoms with Gasteiger partial charge in [0, 0.05) is 32.0 Å². The van der Waals surface area contributed by atoms with Gasteiger partial charge in [0.2, 0.25) is 0 Å². The summed E-state index contributed by atoms with van der Waals surface area (Å²) in [7, 11) is 3.39. The van der Waals surface area contributed by atoms with Crippen molar-refractivity contribution in [1.29, 1.82) is 0 Å². The predicted octanol–water partition coefficient (Wildman–Crippen LogP) is 4.33. The van der Waals surface area contributed by atoms with Crippen molar-refractivity contribution in [1.82, 2.24) is 16.0 Å². The molecule has 15 nitrogen and oxygen atoms in total. The lowest BCUT2D eigenvalue weighted by molar-refractivity contribution is -0.335. The zero-order valence-corrected chi connectivity index (χ0v) is 40.2. The second-order valence-corrected chi connectivity index (χ2v) is 19.5. The number of nitrogens with one attached hydrogen (secondary N) is 3. The van der Waals surface area contributed by atoms with Crippen molar-refractivity contribution in [2.24, 2.45) is 17.8 Å². The van der Waals surface area contributed by atoms with Gasteiger partial charge < -0.3 is 69.5 Å². The number of carbonyl (C=O) groups excluding carboxylic acids is 1. The number of aliphatic hydroxyl groups is 4. The van der Waals surface area contributed by atoms with Crippen LogP contribution in [-0.2, 0) is 33.2 Å². The van der Waals surface area contributed by atoms with E-state index in [4.69, 9.17) is 44.8 Å². The van der Waals surface area contributed by atoms with E-state index in [9.17, 15) is 25.2 Å². The molecule has 3 aliphatic heterocycles. The number of hydrogen-bond donors (Lipinski definition) is 7. The number of methoxy groups -OCH3 is 1. The van der Waals surface area contributed by atoms with E-state index >= 15 is 0 Å². The number of likely N-dealkylation sites (N-methyl/N-ethyl adjacent to an activating group) is 1. The van der Waals surface area contributed by atoms with Crippen molar-refractivity contribution < 1.29 is 58.4 Å². The molecule has 0 spiro atoms. The van der Waals surface area contributed by atoms with Crippen LogP contribution >= 0.6 is 11.6 Å². The highest BCUT2D eigenvalue weighted by molar-refractivity contribution is 6.32. The molecule has 358 valence electrons. The number of para-hydroxylation sites is 1. The van der Waals surface area contributed by atoms with Gasteiger partial charge in [-0.2, -0.15) is 0 Å². The summed E-state index contributed by atoms with van der Waals surface area (Å²) in [5.74, 6) is -2.26. The van der Waals surface area contributed by atoms with Gasteiger partial charge in [-0.05, 0) is 112 Å². The monoisotopic (exact) mass is 902 g/mol. The Morgan fingerprint density at radius 2 is 1.65 bits per heavy atom. The van der Waals surface area contributed by atoms with Crippen molar-refractivity contribution in [3.05, 3.63) is 29.3 Å². The molecule has 0 unspecified atom stereocenters. The first-order valence-electron chi connectivity index (χ1n) is 22.7. The van der Waals surface area contributed by atoms with Crippen LogP contribution in [0, 0.1) is 17.8 Å². The molecule has 3 heterocycles. The molecule has 0 saturated carbocycles. The smallest absolute Gasteiger partial charge is 0.311 e.